The third-order valence-electron chi connectivity index (χ3n) is 2.23. The number of allylic oxidation sites excluding steroid dienone is 1. The summed E-state index contributed by atoms with van der Waals surface area (Å²) >= 11 is 0. The summed E-state index contributed by atoms with van der Waals surface area (Å²) in [5.41, 5.74) is 2.19. The highest BCUT2D eigenvalue weighted by Crippen LogP contribution is 2.38. The predicted molar refractivity (Wildman–Crippen MR) is 64.6 cm³/mol. The van der Waals surface area contributed by atoms with Gasteiger partial charge in [-0.1, -0.05) is 12.2 Å². The highest BCUT2D eigenvalue weighted by atomic mass is 16.5. The second kappa shape index (κ2) is 5.45. The van der Waals surface area contributed by atoms with Gasteiger partial charge in [0.05, 0.1) is 21.3 Å². The third-order valence-corrected chi connectivity index (χ3v) is 2.23. The van der Waals surface area contributed by atoms with Crippen LogP contribution < -0.4 is 14.2 Å². The lowest BCUT2D eigenvalue weighted by molar-refractivity contribution is 0.324. The second-order valence-corrected chi connectivity index (χ2v) is 3.67. The highest BCUT2D eigenvalue weighted by Gasteiger charge is 2.12. The van der Waals surface area contributed by atoms with Crippen LogP contribution in [0.4, 0.5) is 0 Å². The van der Waals surface area contributed by atoms with Crippen LogP contribution in [-0.2, 0) is 6.42 Å². The molecule has 16 heavy (non-hydrogen) atoms. The van der Waals surface area contributed by atoms with Gasteiger partial charge in [0.2, 0.25) is 5.75 Å². The van der Waals surface area contributed by atoms with E-state index in [1.807, 2.05) is 19.1 Å². The van der Waals surface area contributed by atoms with Gasteiger partial charge in [-0.2, -0.15) is 0 Å². The lowest BCUT2D eigenvalue weighted by atomic mass is 10.1. The molecule has 0 atom stereocenters. The van der Waals surface area contributed by atoms with Crippen molar-refractivity contribution >= 4 is 0 Å². The summed E-state index contributed by atoms with van der Waals surface area (Å²) in [7, 11) is 4.82. The number of benzene rings is 1. The molecule has 0 bridgehead atoms. The van der Waals surface area contributed by atoms with Gasteiger partial charge in [-0.15, -0.1) is 0 Å². The molecule has 1 rings (SSSR count). The molecule has 0 saturated carbocycles. The van der Waals surface area contributed by atoms with Crippen molar-refractivity contribution in [3.05, 3.63) is 29.8 Å². The zero-order chi connectivity index (χ0) is 12.1. The number of ether oxygens (including phenoxy) is 3. The van der Waals surface area contributed by atoms with Crippen LogP contribution in [0.5, 0.6) is 17.2 Å². The molecular weight excluding hydrogens is 204 g/mol. The predicted octanol–water partition coefficient (Wildman–Crippen LogP) is 2.83. The molecule has 0 spiro atoms. The van der Waals surface area contributed by atoms with Crippen LogP contribution in [0, 0.1) is 0 Å². The van der Waals surface area contributed by atoms with Crippen molar-refractivity contribution in [3.8, 4) is 17.2 Å². The Hall–Kier alpha value is -1.64. The normalized spacial score (nSPS) is 9.75. The minimum atomic E-state index is 0.621. The van der Waals surface area contributed by atoms with Crippen molar-refractivity contribution in [2.24, 2.45) is 0 Å². The summed E-state index contributed by atoms with van der Waals surface area (Å²) in [4.78, 5) is 0. The summed E-state index contributed by atoms with van der Waals surface area (Å²) in [6, 6.07) is 3.88. The Kier molecular flexibility index (Phi) is 4.23. The van der Waals surface area contributed by atoms with Crippen LogP contribution in [0.25, 0.3) is 0 Å². The first-order valence-corrected chi connectivity index (χ1v) is 5.05. The zero-order valence-corrected chi connectivity index (χ0v) is 10.3. The summed E-state index contributed by atoms with van der Waals surface area (Å²) in [6.45, 7) is 5.88. The SMILES string of the molecule is C=C(C)Cc1cc(OC)c(OC)c(OC)c1. The molecule has 0 radical (unpaired) electrons. The molecular formula is C13H18O3. The van der Waals surface area contributed by atoms with Crippen molar-refractivity contribution in [2.75, 3.05) is 21.3 Å². The van der Waals surface area contributed by atoms with Gasteiger partial charge in [-0.3, -0.25) is 0 Å². The fraction of sp³-hybridized carbons (Fsp3) is 0.385. The first kappa shape index (κ1) is 12.4. The molecule has 0 aliphatic carbocycles. The quantitative estimate of drug-likeness (QED) is 0.717. The molecule has 3 heteroatoms. The van der Waals surface area contributed by atoms with Gasteiger partial charge in [-0.25, -0.2) is 0 Å². The lowest BCUT2D eigenvalue weighted by Gasteiger charge is -2.14. The number of hydrogen-bond acceptors (Lipinski definition) is 3. The van der Waals surface area contributed by atoms with E-state index in [4.69, 9.17) is 14.2 Å². The summed E-state index contributed by atoms with van der Waals surface area (Å²) in [5.74, 6) is 1.98. The highest BCUT2D eigenvalue weighted by molar-refractivity contribution is 5.54. The molecule has 0 heterocycles. The monoisotopic (exact) mass is 222 g/mol. The number of rotatable bonds is 5. The van der Waals surface area contributed by atoms with Gasteiger partial charge < -0.3 is 14.2 Å². The van der Waals surface area contributed by atoms with E-state index in [0.29, 0.717) is 17.2 Å². The van der Waals surface area contributed by atoms with Crippen LogP contribution in [0.3, 0.4) is 0 Å². The average molecular weight is 222 g/mol. The van der Waals surface area contributed by atoms with E-state index in [0.717, 1.165) is 17.6 Å². The average Bonchev–Trinajstić information content (AvgIpc) is 2.26. The van der Waals surface area contributed by atoms with Gasteiger partial charge in [0, 0.05) is 0 Å². The number of methoxy groups -OCH3 is 3. The second-order valence-electron chi connectivity index (χ2n) is 3.67. The molecule has 0 amide bonds. The Morgan fingerprint density at radius 2 is 1.56 bits per heavy atom. The van der Waals surface area contributed by atoms with Gasteiger partial charge in [0.15, 0.2) is 11.5 Å². The van der Waals surface area contributed by atoms with Crippen molar-refractivity contribution in [1.29, 1.82) is 0 Å². The van der Waals surface area contributed by atoms with Crippen LogP contribution in [0.15, 0.2) is 24.3 Å². The smallest absolute Gasteiger partial charge is 0.203 e. The third kappa shape index (κ3) is 2.69. The van der Waals surface area contributed by atoms with Crippen molar-refractivity contribution in [2.45, 2.75) is 13.3 Å². The van der Waals surface area contributed by atoms with E-state index in [1.54, 1.807) is 21.3 Å². The Bertz CT molecular complexity index is 358. The van der Waals surface area contributed by atoms with Crippen molar-refractivity contribution in [3.63, 3.8) is 0 Å². The minimum Gasteiger partial charge on any atom is -0.493 e. The van der Waals surface area contributed by atoms with E-state index >= 15 is 0 Å². The van der Waals surface area contributed by atoms with Crippen LogP contribution in [0.2, 0.25) is 0 Å². The molecule has 0 unspecified atom stereocenters. The molecule has 0 N–H and O–H groups in total. The Morgan fingerprint density at radius 3 is 1.88 bits per heavy atom. The van der Waals surface area contributed by atoms with E-state index in [2.05, 4.69) is 6.58 Å². The largest absolute Gasteiger partial charge is 0.493 e. The first-order valence-electron chi connectivity index (χ1n) is 5.05. The molecule has 0 fully saturated rings. The molecule has 1 aromatic carbocycles. The summed E-state index contributed by atoms with van der Waals surface area (Å²) < 4.78 is 15.8. The van der Waals surface area contributed by atoms with Crippen molar-refractivity contribution < 1.29 is 14.2 Å². The van der Waals surface area contributed by atoms with E-state index < -0.39 is 0 Å². The van der Waals surface area contributed by atoms with E-state index in [1.165, 1.54) is 0 Å². The molecule has 3 nitrogen and oxygen atoms in total. The fourth-order valence-electron chi connectivity index (χ4n) is 1.59. The molecule has 88 valence electrons. The molecule has 0 aromatic heterocycles. The maximum atomic E-state index is 5.27. The molecule has 1 aromatic rings. The number of hydrogen-bond donors (Lipinski definition) is 0. The van der Waals surface area contributed by atoms with Gasteiger partial charge >= 0.3 is 0 Å². The molecule has 0 saturated heterocycles. The maximum absolute atomic E-state index is 5.27. The summed E-state index contributed by atoms with van der Waals surface area (Å²) in [6.07, 6.45) is 0.802. The van der Waals surface area contributed by atoms with Crippen molar-refractivity contribution in [1.82, 2.24) is 0 Å². The zero-order valence-electron chi connectivity index (χ0n) is 10.3. The molecule has 0 aliphatic heterocycles. The molecule has 0 aliphatic rings. The Balaban J connectivity index is 3.20. The standard InChI is InChI=1S/C13H18O3/c1-9(2)6-10-7-11(14-3)13(16-5)12(8-10)15-4/h7-8H,1,6H2,2-5H3. The van der Waals surface area contributed by atoms with Crippen LogP contribution >= 0.6 is 0 Å². The Labute approximate surface area is 96.6 Å². The van der Waals surface area contributed by atoms with Crippen LogP contribution in [0.1, 0.15) is 12.5 Å². The fourth-order valence-corrected chi connectivity index (χ4v) is 1.59. The van der Waals surface area contributed by atoms with Gasteiger partial charge in [0.25, 0.3) is 0 Å². The maximum Gasteiger partial charge on any atom is 0.203 e. The van der Waals surface area contributed by atoms with Gasteiger partial charge in [0.1, 0.15) is 0 Å². The topological polar surface area (TPSA) is 27.7 Å². The minimum absolute atomic E-state index is 0.621. The summed E-state index contributed by atoms with van der Waals surface area (Å²) in [5, 5.41) is 0. The van der Waals surface area contributed by atoms with E-state index in [9.17, 15) is 0 Å². The van der Waals surface area contributed by atoms with Gasteiger partial charge in [-0.05, 0) is 31.0 Å². The first-order chi connectivity index (χ1) is 7.62. The Morgan fingerprint density at radius 1 is 1.06 bits per heavy atom. The van der Waals surface area contributed by atoms with E-state index in [-0.39, 0.29) is 0 Å². The lowest BCUT2D eigenvalue weighted by Crippen LogP contribution is -1.97. The van der Waals surface area contributed by atoms with Crippen LogP contribution in [-0.4, -0.2) is 21.3 Å².